The van der Waals surface area contributed by atoms with Gasteiger partial charge >= 0.3 is 0 Å². The summed E-state index contributed by atoms with van der Waals surface area (Å²) in [5.74, 6) is 0.500. The Hall–Kier alpha value is -2.83. The van der Waals surface area contributed by atoms with Gasteiger partial charge in [-0.05, 0) is 38.1 Å². The number of fused-ring (bicyclic) bond motifs is 1. The number of morpholine rings is 1. The molecule has 0 saturated carbocycles. The molecule has 162 valence electrons. The molecule has 2 aliphatic heterocycles. The first-order valence-corrected chi connectivity index (χ1v) is 11.5. The Kier molecular flexibility index (Phi) is 6.30. The fraction of sp³-hybridized carbons (Fsp3) is 0.455. The first-order valence-electron chi connectivity index (χ1n) is 10.3. The number of pyridine rings is 1. The van der Waals surface area contributed by atoms with Crippen LogP contribution in [0.3, 0.4) is 0 Å². The van der Waals surface area contributed by atoms with Crippen LogP contribution in [0.1, 0.15) is 24.2 Å². The quantitative estimate of drug-likeness (QED) is 0.778. The highest BCUT2D eigenvalue weighted by Gasteiger charge is 2.29. The van der Waals surface area contributed by atoms with Gasteiger partial charge in [-0.3, -0.25) is 14.6 Å². The molecule has 0 radical (unpaired) electrons. The van der Waals surface area contributed by atoms with Crippen molar-refractivity contribution in [1.82, 2.24) is 15.2 Å². The van der Waals surface area contributed by atoms with E-state index >= 15 is 0 Å². The number of ether oxygens (including phenoxy) is 1. The van der Waals surface area contributed by atoms with Gasteiger partial charge in [-0.2, -0.15) is 5.26 Å². The number of amides is 2. The summed E-state index contributed by atoms with van der Waals surface area (Å²) in [4.78, 5) is 33.5. The number of carbonyl (C=O) groups is 2. The van der Waals surface area contributed by atoms with E-state index in [0.29, 0.717) is 17.2 Å². The van der Waals surface area contributed by atoms with Crippen molar-refractivity contribution >= 4 is 40.2 Å². The number of nitriles is 1. The molecule has 0 bridgehead atoms. The Morgan fingerprint density at radius 3 is 2.81 bits per heavy atom. The highest BCUT2D eigenvalue weighted by atomic mass is 32.2. The topological polar surface area (TPSA) is 98.6 Å². The van der Waals surface area contributed by atoms with E-state index in [0.717, 1.165) is 29.7 Å². The van der Waals surface area contributed by atoms with E-state index in [2.05, 4.69) is 35.1 Å². The third kappa shape index (κ3) is 4.60. The average Bonchev–Trinajstić information content (AvgIpc) is 3.25. The van der Waals surface area contributed by atoms with Crippen molar-refractivity contribution in [3.63, 3.8) is 0 Å². The van der Waals surface area contributed by atoms with Gasteiger partial charge in [0.2, 0.25) is 5.91 Å². The zero-order valence-corrected chi connectivity index (χ0v) is 18.4. The van der Waals surface area contributed by atoms with Crippen molar-refractivity contribution in [3.05, 3.63) is 36.0 Å². The molecule has 0 unspecified atom stereocenters. The number of anilines is 1. The number of rotatable bonds is 4. The SMILES string of the molecule is C[C@@H]1CN(c2ccc3nccc(C(=O)NCC(=O)N4CSC[C@H]4C#N)c3c2)C[C@@H](C)O1. The van der Waals surface area contributed by atoms with Crippen LogP contribution in [0.5, 0.6) is 0 Å². The van der Waals surface area contributed by atoms with Gasteiger partial charge in [-0.25, -0.2) is 0 Å². The molecule has 2 aromatic rings. The summed E-state index contributed by atoms with van der Waals surface area (Å²) >= 11 is 1.54. The third-order valence-corrected chi connectivity index (χ3v) is 6.52. The van der Waals surface area contributed by atoms with Crippen LogP contribution in [0.25, 0.3) is 10.9 Å². The van der Waals surface area contributed by atoms with E-state index in [9.17, 15) is 9.59 Å². The second-order valence-corrected chi connectivity index (χ2v) is 8.91. The van der Waals surface area contributed by atoms with Gasteiger partial charge < -0.3 is 19.9 Å². The molecule has 31 heavy (non-hydrogen) atoms. The normalized spacial score (nSPS) is 23.6. The molecular weight excluding hydrogens is 414 g/mol. The molecule has 2 aliphatic rings. The summed E-state index contributed by atoms with van der Waals surface area (Å²) in [5, 5.41) is 12.6. The monoisotopic (exact) mass is 439 g/mol. The summed E-state index contributed by atoms with van der Waals surface area (Å²) in [6.07, 6.45) is 1.85. The van der Waals surface area contributed by atoms with E-state index in [-0.39, 0.29) is 30.6 Å². The first kappa shape index (κ1) is 21.4. The summed E-state index contributed by atoms with van der Waals surface area (Å²) < 4.78 is 5.82. The molecule has 1 N–H and O–H groups in total. The van der Waals surface area contributed by atoms with Gasteiger partial charge in [-0.15, -0.1) is 11.8 Å². The van der Waals surface area contributed by atoms with Crippen LogP contribution in [0, 0.1) is 11.3 Å². The van der Waals surface area contributed by atoms with Gasteiger partial charge in [-0.1, -0.05) is 0 Å². The molecule has 2 amide bonds. The number of nitrogens with zero attached hydrogens (tertiary/aromatic N) is 4. The predicted molar refractivity (Wildman–Crippen MR) is 120 cm³/mol. The molecule has 4 rings (SSSR count). The van der Waals surface area contributed by atoms with Crippen molar-refractivity contribution in [1.29, 1.82) is 5.26 Å². The van der Waals surface area contributed by atoms with Crippen LogP contribution in [0.2, 0.25) is 0 Å². The zero-order valence-electron chi connectivity index (χ0n) is 17.6. The highest BCUT2D eigenvalue weighted by Crippen LogP contribution is 2.26. The zero-order chi connectivity index (χ0) is 22.0. The molecule has 3 heterocycles. The second kappa shape index (κ2) is 9.12. The molecule has 1 aromatic carbocycles. The largest absolute Gasteiger partial charge is 0.372 e. The average molecular weight is 440 g/mol. The third-order valence-electron chi connectivity index (χ3n) is 5.51. The number of nitrogens with one attached hydrogen (secondary N) is 1. The minimum atomic E-state index is -0.433. The molecule has 8 nitrogen and oxygen atoms in total. The van der Waals surface area contributed by atoms with E-state index in [1.54, 1.807) is 12.3 Å². The number of benzene rings is 1. The van der Waals surface area contributed by atoms with Crippen LogP contribution < -0.4 is 10.2 Å². The molecule has 1 aromatic heterocycles. The summed E-state index contributed by atoms with van der Waals surface area (Å²) in [7, 11) is 0. The minimum Gasteiger partial charge on any atom is -0.372 e. The maximum Gasteiger partial charge on any atom is 0.252 e. The van der Waals surface area contributed by atoms with Crippen molar-refractivity contribution < 1.29 is 14.3 Å². The van der Waals surface area contributed by atoms with Crippen molar-refractivity contribution in [2.75, 3.05) is 36.2 Å². The van der Waals surface area contributed by atoms with Gasteiger partial charge in [0.25, 0.3) is 5.91 Å². The molecule has 3 atom stereocenters. The number of thioether (sulfide) groups is 1. The van der Waals surface area contributed by atoms with Gasteiger partial charge in [0, 0.05) is 36.1 Å². The number of hydrogen-bond acceptors (Lipinski definition) is 7. The Balaban J connectivity index is 1.52. The standard InChI is InChI=1S/C22H25N5O3S/c1-14-10-26(11-15(2)30-14)16-3-4-20-19(7-16)18(5-6-24-20)22(29)25-9-21(28)27-13-31-12-17(27)8-23/h3-7,14-15,17H,9-13H2,1-2H3,(H,25,29)/t14-,15-,17-/m1/s1. The number of carbonyl (C=O) groups excluding carboxylic acids is 2. The van der Waals surface area contributed by atoms with Crippen LogP contribution in [-0.2, 0) is 9.53 Å². The lowest BCUT2D eigenvalue weighted by atomic mass is 10.1. The van der Waals surface area contributed by atoms with Crippen LogP contribution in [0.15, 0.2) is 30.5 Å². The first-order chi connectivity index (χ1) is 15.0. The van der Waals surface area contributed by atoms with E-state index in [4.69, 9.17) is 10.00 Å². The maximum atomic E-state index is 12.9. The fourth-order valence-corrected chi connectivity index (χ4v) is 5.17. The van der Waals surface area contributed by atoms with Crippen LogP contribution in [-0.4, -0.2) is 71.2 Å². The lowest BCUT2D eigenvalue weighted by molar-refractivity contribution is -0.129. The number of aromatic nitrogens is 1. The molecule has 0 spiro atoms. The number of hydrogen-bond donors (Lipinski definition) is 1. The summed E-state index contributed by atoms with van der Waals surface area (Å²) in [5.41, 5.74) is 2.21. The Morgan fingerprint density at radius 1 is 1.29 bits per heavy atom. The Morgan fingerprint density at radius 2 is 2.06 bits per heavy atom. The van der Waals surface area contributed by atoms with Crippen molar-refractivity contribution in [3.8, 4) is 6.07 Å². The smallest absolute Gasteiger partial charge is 0.252 e. The molecular formula is C22H25N5O3S. The lowest BCUT2D eigenvalue weighted by Gasteiger charge is -2.37. The Bertz CT molecular complexity index is 1030. The van der Waals surface area contributed by atoms with Crippen LogP contribution >= 0.6 is 11.8 Å². The van der Waals surface area contributed by atoms with Crippen LogP contribution in [0.4, 0.5) is 5.69 Å². The lowest BCUT2D eigenvalue weighted by Crippen LogP contribution is -2.45. The van der Waals surface area contributed by atoms with Gasteiger partial charge in [0.15, 0.2) is 0 Å². The Labute approximate surface area is 185 Å². The molecule has 9 heteroatoms. The van der Waals surface area contributed by atoms with Crippen molar-refractivity contribution in [2.24, 2.45) is 0 Å². The highest BCUT2D eigenvalue weighted by molar-refractivity contribution is 7.99. The molecule has 2 fully saturated rings. The van der Waals surface area contributed by atoms with E-state index in [1.807, 2.05) is 18.2 Å². The maximum absolute atomic E-state index is 12.9. The van der Waals surface area contributed by atoms with Gasteiger partial charge in [0.1, 0.15) is 6.04 Å². The molecule has 0 aliphatic carbocycles. The fourth-order valence-electron chi connectivity index (χ4n) is 4.07. The predicted octanol–water partition coefficient (Wildman–Crippen LogP) is 2.00. The molecule has 2 saturated heterocycles. The van der Waals surface area contributed by atoms with Gasteiger partial charge in [0.05, 0.1) is 41.8 Å². The van der Waals surface area contributed by atoms with Crippen molar-refractivity contribution in [2.45, 2.75) is 32.1 Å². The summed E-state index contributed by atoms with van der Waals surface area (Å²) in [6.45, 7) is 5.52. The minimum absolute atomic E-state index is 0.128. The second-order valence-electron chi connectivity index (χ2n) is 7.91. The van der Waals surface area contributed by atoms with E-state index < -0.39 is 6.04 Å². The van der Waals surface area contributed by atoms with E-state index in [1.165, 1.54) is 16.7 Å². The summed E-state index contributed by atoms with van der Waals surface area (Å²) in [6, 6.07) is 9.27.